The summed E-state index contributed by atoms with van der Waals surface area (Å²) < 4.78 is 7.35. The van der Waals surface area contributed by atoms with Gasteiger partial charge in [0.05, 0.1) is 42.8 Å². The number of hydrogen-bond acceptors (Lipinski definition) is 4. The molecule has 0 spiro atoms. The van der Waals surface area contributed by atoms with Crippen molar-refractivity contribution in [2.24, 2.45) is 0 Å². The number of pyridine rings is 1. The third-order valence-electron chi connectivity index (χ3n) is 3.33. The Bertz CT molecular complexity index is 739. The van der Waals surface area contributed by atoms with Crippen LogP contribution in [-0.2, 0) is 6.54 Å². The Morgan fingerprint density at radius 1 is 1.29 bits per heavy atom. The SMILES string of the molecule is CCOc1cncc(C(O)Cn2cnc3ccccc32)c1. The molecule has 0 radical (unpaired) electrons. The molecule has 3 rings (SSSR count). The Hall–Kier alpha value is -2.40. The second-order valence-electron chi connectivity index (χ2n) is 4.79. The highest BCUT2D eigenvalue weighted by atomic mass is 16.5. The van der Waals surface area contributed by atoms with E-state index in [1.54, 1.807) is 18.7 Å². The molecule has 0 saturated heterocycles. The van der Waals surface area contributed by atoms with Gasteiger partial charge in [-0.15, -0.1) is 0 Å². The minimum Gasteiger partial charge on any atom is -0.492 e. The van der Waals surface area contributed by atoms with Crippen LogP contribution in [-0.4, -0.2) is 26.2 Å². The van der Waals surface area contributed by atoms with Crippen molar-refractivity contribution in [1.29, 1.82) is 0 Å². The molecule has 1 unspecified atom stereocenters. The molecule has 5 nitrogen and oxygen atoms in total. The Balaban J connectivity index is 1.82. The molecule has 2 aromatic heterocycles. The average molecular weight is 283 g/mol. The van der Waals surface area contributed by atoms with E-state index in [1.165, 1.54) is 0 Å². The van der Waals surface area contributed by atoms with E-state index in [2.05, 4.69) is 9.97 Å². The highest BCUT2D eigenvalue weighted by molar-refractivity contribution is 5.74. The zero-order valence-electron chi connectivity index (χ0n) is 11.8. The number of benzene rings is 1. The van der Waals surface area contributed by atoms with Gasteiger partial charge >= 0.3 is 0 Å². The topological polar surface area (TPSA) is 60.2 Å². The van der Waals surface area contributed by atoms with Crippen molar-refractivity contribution in [3.05, 3.63) is 54.6 Å². The predicted octanol–water partition coefficient (Wildman–Crippen LogP) is 2.56. The fourth-order valence-corrected chi connectivity index (χ4v) is 2.31. The van der Waals surface area contributed by atoms with Crippen LogP contribution >= 0.6 is 0 Å². The summed E-state index contributed by atoms with van der Waals surface area (Å²) >= 11 is 0. The molecule has 0 aliphatic heterocycles. The maximum atomic E-state index is 10.4. The largest absolute Gasteiger partial charge is 0.492 e. The summed E-state index contributed by atoms with van der Waals surface area (Å²) in [7, 11) is 0. The second-order valence-corrected chi connectivity index (χ2v) is 4.79. The van der Waals surface area contributed by atoms with Crippen LogP contribution in [0.25, 0.3) is 11.0 Å². The molecule has 2 heterocycles. The lowest BCUT2D eigenvalue weighted by Crippen LogP contribution is -2.08. The van der Waals surface area contributed by atoms with Crippen molar-refractivity contribution in [2.75, 3.05) is 6.61 Å². The predicted molar refractivity (Wildman–Crippen MR) is 80.1 cm³/mol. The average Bonchev–Trinajstić information content (AvgIpc) is 2.91. The van der Waals surface area contributed by atoms with Crippen molar-refractivity contribution in [1.82, 2.24) is 14.5 Å². The van der Waals surface area contributed by atoms with Crippen LogP contribution in [0.4, 0.5) is 0 Å². The number of aromatic nitrogens is 3. The summed E-state index contributed by atoms with van der Waals surface area (Å²) in [5, 5.41) is 10.4. The number of nitrogens with zero attached hydrogens (tertiary/aromatic N) is 3. The van der Waals surface area contributed by atoms with E-state index < -0.39 is 6.10 Å². The number of aliphatic hydroxyl groups excluding tert-OH is 1. The quantitative estimate of drug-likeness (QED) is 0.781. The molecule has 5 heteroatoms. The van der Waals surface area contributed by atoms with Gasteiger partial charge in [0.1, 0.15) is 5.75 Å². The minimum absolute atomic E-state index is 0.428. The molecule has 0 aliphatic carbocycles. The molecular formula is C16H17N3O2. The van der Waals surface area contributed by atoms with Crippen molar-refractivity contribution in [2.45, 2.75) is 19.6 Å². The lowest BCUT2D eigenvalue weighted by molar-refractivity contribution is 0.157. The van der Waals surface area contributed by atoms with E-state index in [-0.39, 0.29) is 0 Å². The normalized spacial score (nSPS) is 12.5. The smallest absolute Gasteiger partial charge is 0.137 e. The summed E-state index contributed by atoms with van der Waals surface area (Å²) in [6.45, 7) is 2.92. The Morgan fingerprint density at radius 2 is 2.14 bits per heavy atom. The lowest BCUT2D eigenvalue weighted by atomic mass is 10.1. The molecule has 1 aromatic carbocycles. The highest BCUT2D eigenvalue weighted by Gasteiger charge is 2.12. The van der Waals surface area contributed by atoms with E-state index in [4.69, 9.17) is 4.74 Å². The Kier molecular flexibility index (Phi) is 3.83. The van der Waals surface area contributed by atoms with Crippen LogP contribution in [0.2, 0.25) is 0 Å². The molecule has 0 bridgehead atoms. The van der Waals surface area contributed by atoms with Crippen molar-refractivity contribution >= 4 is 11.0 Å². The van der Waals surface area contributed by atoms with Crippen molar-refractivity contribution in [3.8, 4) is 5.75 Å². The first kappa shape index (κ1) is 13.6. The van der Waals surface area contributed by atoms with Crippen molar-refractivity contribution in [3.63, 3.8) is 0 Å². The Morgan fingerprint density at radius 3 is 3.00 bits per heavy atom. The molecule has 3 aromatic rings. The van der Waals surface area contributed by atoms with E-state index in [9.17, 15) is 5.11 Å². The standard InChI is InChI=1S/C16H17N3O2/c1-2-21-13-7-12(8-17-9-13)16(20)10-19-11-18-14-5-3-4-6-15(14)19/h3-9,11,16,20H,2,10H2,1H3. The number of hydrogen-bond donors (Lipinski definition) is 1. The maximum Gasteiger partial charge on any atom is 0.137 e. The molecule has 0 fully saturated rings. The summed E-state index contributed by atoms with van der Waals surface area (Å²) in [4.78, 5) is 8.43. The molecule has 0 saturated carbocycles. The third-order valence-corrected chi connectivity index (χ3v) is 3.33. The van der Waals surface area contributed by atoms with Gasteiger partial charge in [0.15, 0.2) is 0 Å². The summed E-state index contributed by atoms with van der Waals surface area (Å²) in [5.74, 6) is 0.671. The molecule has 21 heavy (non-hydrogen) atoms. The zero-order valence-corrected chi connectivity index (χ0v) is 11.8. The van der Waals surface area contributed by atoms with Gasteiger partial charge in [0, 0.05) is 11.8 Å². The molecule has 0 amide bonds. The first-order valence-corrected chi connectivity index (χ1v) is 6.93. The monoisotopic (exact) mass is 283 g/mol. The van der Waals surface area contributed by atoms with E-state index in [0.29, 0.717) is 18.9 Å². The van der Waals surface area contributed by atoms with Gasteiger partial charge in [-0.3, -0.25) is 4.98 Å². The molecule has 0 aliphatic rings. The molecule has 1 atom stereocenters. The van der Waals surface area contributed by atoms with Gasteiger partial charge in [-0.2, -0.15) is 0 Å². The van der Waals surface area contributed by atoms with Gasteiger partial charge < -0.3 is 14.4 Å². The Labute approximate surface area is 122 Å². The van der Waals surface area contributed by atoms with Crippen LogP contribution in [0.1, 0.15) is 18.6 Å². The van der Waals surface area contributed by atoms with E-state index in [1.807, 2.05) is 41.8 Å². The second kappa shape index (κ2) is 5.93. The molecular weight excluding hydrogens is 266 g/mol. The zero-order chi connectivity index (χ0) is 14.7. The number of fused-ring (bicyclic) bond motifs is 1. The van der Waals surface area contributed by atoms with Crippen LogP contribution < -0.4 is 4.74 Å². The molecule has 108 valence electrons. The van der Waals surface area contributed by atoms with E-state index in [0.717, 1.165) is 16.6 Å². The van der Waals surface area contributed by atoms with Gasteiger partial charge in [0.2, 0.25) is 0 Å². The van der Waals surface area contributed by atoms with Crippen LogP contribution in [0.15, 0.2) is 49.1 Å². The third kappa shape index (κ3) is 2.87. The number of rotatable bonds is 5. The van der Waals surface area contributed by atoms with Gasteiger partial charge in [-0.1, -0.05) is 12.1 Å². The minimum atomic E-state index is -0.657. The van der Waals surface area contributed by atoms with Gasteiger partial charge in [-0.05, 0) is 25.1 Å². The number of ether oxygens (including phenoxy) is 1. The first-order chi connectivity index (χ1) is 10.3. The highest BCUT2D eigenvalue weighted by Crippen LogP contribution is 2.21. The summed E-state index contributed by atoms with van der Waals surface area (Å²) in [6.07, 6.45) is 4.39. The maximum absolute atomic E-state index is 10.4. The summed E-state index contributed by atoms with van der Waals surface area (Å²) in [5.41, 5.74) is 2.66. The van der Waals surface area contributed by atoms with Crippen LogP contribution in [0, 0.1) is 0 Å². The number of aliphatic hydroxyl groups is 1. The van der Waals surface area contributed by atoms with Crippen LogP contribution in [0.5, 0.6) is 5.75 Å². The fourth-order valence-electron chi connectivity index (χ4n) is 2.31. The van der Waals surface area contributed by atoms with Crippen molar-refractivity contribution < 1.29 is 9.84 Å². The van der Waals surface area contributed by atoms with Gasteiger partial charge in [0.25, 0.3) is 0 Å². The number of para-hydroxylation sites is 2. The fraction of sp³-hybridized carbons (Fsp3) is 0.250. The van der Waals surface area contributed by atoms with Crippen LogP contribution in [0.3, 0.4) is 0 Å². The molecule has 1 N–H and O–H groups in total. The van der Waals surface area contributed by atoms with Gasteiger partial charge in [-0.25, -0.2) is 4.98 Å². The van der Waals surface area contributed by atoms with E-state index >= 15 is 0 Å². The summed E-state index contributed by atoms with van der Waals surface area (Å²) in [6, 6.07) is 9.68. The first-order valence-electron chi connectivity index (χ1n) is 6.93. The lowest BCUT2D eigenvalue weighted by Gasteiger charge is -2.13. The number of imidazole rings is 1.